The highest BCUT2D eigenvalue weighted by molar-refractivity contribution is 6.07. The van der Waals surface area contributed by atoms with Crippen molar-refractivity contribution in [1.82, 2.24) is 10.1 Å². The molecule has 3 heterocycles. The monoisotopic (exact) mass is 485 g/mol. The predicted molar refractivity (Wildman–Crippen MR) is 148 cm³/mol. The van der Waals surface area contributed by atoms with Crippen molar-refractivity contribution in [3.8, 4) is 22.6 Å². The molecule has 0 spiro atoms. The molecule has 4 aromatic carbocycles. The van der Waals surface area contributed by atoms with Crippen molar-refractivity contribution in [2.75, 3.05) is 18.0 Å². The molecule has 0 aliphatic carbocycles. The maximum absolute atomic E-state index is 6.18. The van der Waals surface area contributed by atoms with Gasteiger partial charge in [-0.1, -0.05) is 35.5 Å². The maximum atomic E-state index is 6.18. The zero-order valence-electron chi connectivity index (χ0n) is 21.2. The minimum atomic E-state index is 0.284. The summed E-state index contributed by atoms with van der Waals surface area (Å²) in [4.78, 5) is 6.99. The molecule has 182 valence electrons. The van der Waals surface area contributed by atoms with Gasteiger partial charge in [-0.3, -0.25) is 0 Å². The molecule has 5 nitrogen and oxygen atoms in total. The van der Waals surface area contributed by atoms with Crippen LogP contribution in [0, 0.1) is 20.8 Å². The van der Waals surface area contributed by atoms with Gasteiger partial charge in [0.2, 0.25) is 0 Å². The van der Waals surface area contributed by atoms with E-state index in [-0.39, 0.29) is 5.92 Å². The Bertz CT molecular complexity index is 1760. The van der Waals surface area contributed by atoms with Crippen molar-refractivity contribution in [1.29, 1.82) is 0 Å². The van der Waals surface area contributed by atoms with Crippen LogP contribution < -0.4 is 4.90 Å². The van der Waals surface area contributed by atoms with Gasteiger partial charge in [0, 0.05) is 35.1 Å². The van der Waals surface area contributed by atoms with Crippen molar-refractivity contribution >= 4 is 27.6 Å². The molecule has 0 N–H and O–H groups in total. The van der Waals surface area contributed by atoms with E-state index in [1.807, 2.05) is 30.3 Å². The molecule has 1 fully saturated rings. The van der Waals surface area contributed by atoms with E-state index in [1.54, 1.807) is 0 Å². The second-order valence-electron chi connectivity index (χ2n) is 10.2. The Morgan fingerprint density at radius 1 is 0.730 bits per heavy atom. The molecular formula is C32H27N3O2. The first-order valence-corrected chi connectivity index (χ1v) is 12.7. The lowest BCUT2D eigenvalue weighted by atomic mass is 9.95. The molecule has 0 radical (unpaired) electrons. The Kier molecular flexibility index (Phi) is 4.93. The summed E-state index contributed by atoms with van der Waals surface area (Å²) < 4.78 is 11.7. The fourth-order valence-corrected chi connectivity index (χ4v) is 5.29. The van der Waals surface area contributed by atoms with Crippen molar-refractivity contribution in [2.45, 2.75) is 26.7 Å². The molecule has 0 unspecified atom stereocenters. The van der Waals surface area contributed by atoms with E-state index in [2.05, 4.69) is 84.3 Å². The normalized spacial score (nSPS) is 14.0. The van der Waals surface area contributed by atoms with Crippen LogP contribution in [0.2, 0.25) is 0 Å². The van der Waals surface area contributed by atoms with Gasteiger partial charge in [0.15, 0.2) is 5.82 Å². The Labute approximate surface area is 215 Å². The zero-order chi connectivity index (χ0) is 25.1. The highest BCUT2D eigenvalue weighted by Crippen LogP contribution is 2.37. The Morgan fingerprint density at radius 3 is 2.16 bits per heavy atom. The molecule has 1 aliphatic heterocycles. The summed E-state index contributed by atoms with van der Waals surface area (Å²) in [5, 5.41) is 6.59. The summed E-state index contributed by atoms with van der Waals surface area (Å²) in [6, 6.07) is 27.6. The summed E-state index contributed by atoms with van der Waals surface area (Å²) in [7, 11) is 0. The third kappa shape index (κ3) is 3.70. The van der Waals surface area contributed by atoms with Gasteiger partial charge in [-0.05, 0) is 97.1 Å². The molecule has 5 heteroatoms. The van der Waals surface area contributed by atoms with Gasteiger partial charge < -0.3 is 13.8 Å². The van der Waals surface area contributed by atoms with Crippen LogP contribution in [0.3, 0.4) is 0 Å². The van der Waals surface area contributed by atoms with Crippen LogP contribution >= 0.6 is 0 Å². The second-order valence-corrected chi connectivity index (χ2v) is 10.2. The molecule has 37 heavy (non-hydrogen) atoms. The number of nitrogens with zero attached hydrogens (tertiary/aromatic N) is 3. The zero-order valence-corrected chi connectivity index (χ0v) is 21.2. The first kappa shape index (κ1) is 21.9. The third-order valence-corrected chi connectivity index (χ3v) is 7.69. The molecule has 1 saturated heterocycles. The fraction of sp³-hybridized carbons (Fsp3) is 0.188. The topological polar surface area (TPSA) is 55.3 Å². The van der Waals surface area contributed by atoms with E-state index >= 15 is 0 Å². The molecular weight excluding hydrogens is 458 g/mol. The number of rotatable bonds is 4. The van der Waals surface area contributed by atoms with Crippen molar-refractivity contribution < 1.29 is 8.94 Å². The minimum Gasteiger partial charge on any atom is -0.456 e. The number of hydrogen-bond donors (Lipinski definition) is 0. The van der Waals surface area contributed by atoms with Crippen molar-refractivity contribution in [3.63, 3.8) is 0 Å². The molecule has 7 rings (SSSR count). The van der Waals surface area contributed by atoms with Gasteiger partial charge in [-0.25, -0.2) is 0 Å². The summed E-state index contributed by atoms with van der Waals surface area (Å²) in [5.41, 5.74) is 10.3. The SMILES string of the molecule is Cc1cc2oc3cc(C)c(-c4ccc(N5CC(c6noc(-c7ccccc7)n6)C5)cc4)cc3c2cc1C. The lowest BCUT2D eigenvalue weighted by molar-refractivity contribution is 0.402. The van der Waals surface area contributed by atoms with Gasteiger partial charge in [0.25, 0.3) is 5.89 Å². The molecule has 2 aromatic heterocycles. The predicted octanol–water partition coefficient (Wildman–Crippen LogP) is 7.83. The largest absolute Gasteiger partial charge is 0.456 e. The van der Waals surface area contributed by atoms with Crippen LogP contribution in [0.5, 0.6) is 0 Å². The molecule has 0 atom stereocenters. The first-order chi connectivity index (χ1) is 18.0. The van der Waals surface area contributed by atoms with Crippen LogP contribution in [-0.2, 0) is 0 Å². The number of anilines is 1. The van der Waals surface area contributed by atoms with Crippen LogP contribution in [0.25, 0.3) is 44.5 Å². The van der Waals surface area contributed by atoms with Gasteiger partial charge in [0.1, 0.15) is 11.2 Å². The van der Waals surface area contributed by atoms with Gasteiger partial charge in [0.05, 0.1) is 5.92 Å². The number of benzene rings is 4. The lowest BCUT2D eigenvalue weighted by Crippen LogP contribution is -2.45. The number of hydrogen-bond acceptors (Lipinski definition) is 5. The summed E-state index contributed by atoms with van der Waals surface area (Å²) in [6.45, 7) is 8.21. The Hall–Kier alpha value is -4.38. The Balaban J connectivity index is 1.11. The van der Waals surface area contributed by atoms with Gasteiger partial charge >= 0.3 is 0 Å². The number of fused-ring (bicyclic) bond motifs is 3. The Morgan fingerprint density at radius 2 is 1.41 bits per heavy atom. The average Bonchev–Trinajstić information content (AvgIpc) is 3.49. The number of aromatic nitrogens is 2. The van der Waals surface area contributed by atoms with E-state index in [1.165, 1.54) is 44.3 Å². The van der Waals surface area contributed by atoms with Crippen LogP contribution in [-0.4, -0.2) is 23.2 Å². The van der Waals surface area contributed by atoms with Crippen LogP contribution in [0.4, 0.5) is 5.69 Å². The molecule has 1 aliphatic rings. The van der Waals surface area contributed by atoms with E-state index < -0.39 is 0 Å². The molecule has 0 bridgehead atoms. The summed E-state index contributed by atoms with van der Waals surface area (Å²) in [6.07, 6.45) is 0. The van der Waals surface area contributed by atoms with Gasteiger partial charge in [-0.2, -0.15) is 4.98 Å². The average molecular weight is 486 g/mol. The molecule has 0 amide bonds. The number of aryl methyl sites for hydroxylation is 3. The van der Waals surface area contributed by atoms with E-state index in [9.17, 15) is 0 Å². The fourth-order valence-electron chi connectivity index (χ4n) is 5.29. The third-order valence-electron chi connectivity index (χ3n) is 7.69. The highest BCUT2D eigenvalue weighted by atomic mass is 16.5. The number of furan rings is 1. The quantitative estimate of drug-likeness (QED) is 0.255. The van der Waals surface area contributed by atoms with Crippen LogP contribution in [0.1, 0.15) is 28.4 Å². The molecule has 0 saturated carbocycles. The van der Waals surface area contributed by atoms with Gasteiger partial charge in [-0.15, -0.1) is 0 Å². The summed E-state index contributed by atoms with van der Waals surface area (Å²) in [5.74, 6) is 1.65. The van der Waals surface area contributed by atoms with E-state index in [0.29, 0.717) is 5.89 Å². The second kappa shape index (κ2) is 8.34. The van der Waals surface area contributed by atoms with E-state index in [4.69, 9.17) is 8.94 Å². The highest BCUT2D eigenvalue weighted by Gasteiger charge is 2.32. The smallest absolute Gasteiger partial charge is 0.257 e. The van der Waals surface area contributed by atoms with Crippen molar-refractivity contribution in [3.05, 3.63) is 101 Å². The minimum absolute atomic E-state index is 0.284. The summed E-state index contributed by atoms with van der Waals surface area (Å²) >= 11 is 0. The van der Waals surface area contributed by atoms with E-state index in [0.717, 1.165) is 35.6 Å². The standard InChI is InChI=1S/C32H27N3O2/c1-19-13-27-28-16-26(21(3)15-30(28)36-29(27)14-20(19)2)22-9-11-25(12-10-22)35-17-24(18-35)31-33-32(37-34-31)23-7-5-4-6-8-23/h4-16,24H,17-18H2,1-3H3. The lowest BCUT2D eigenvalue weighted by Gasteiger charge is -2.39. The van der Waals surface area contributed by atoms with Crippen LogP contribution in [0.15, 0.2) is 87.8 Å². The molecule has 6 aromatic rings. The maximum Gasteiger partial charge on any atom is 0.257 e. The van der Waals surface area contributed by atoms with Crippen molar-refractivity contribution in [2.24, 2.45) is 0 Å². The first-order valence-electron chi connectivity index (χ1n) is 12.7.